The third-order valence-corrected chi connectivity index (χ3v) is 3.38. The molecule has 0 aliphatic rings. The van der Waals surface area contributed by atoms with Crippen LogP contribution in [0.2, 0.25) is 5.02 Å². The van der Waals surface area contributed by atoms with Gasteiger partial charge in [-0.2, -0.15) is 5.26 Å². The monoisotopic (exact) mass is 284 g/mol. The van der Waals surface area contributed by atoms with E-state index in [0.29, 0.717) is 11.6 Å². The number of hydrogen-bond acceptors (Lipinski definition) is 2. The van der Waals surface area contributed by atoms with Crippen LogP contribution >= 0.6 is 11.6 Å². The zero-order chi connectivity index (χ0) is 14.4. The number of hydrogen-bond donors (Lipinski definition) is 1. The first kappa shape index (κ1) is 14.6. The Hall–Kier alpha value is -1.82. The molecule has 20 heavy (non-hydrogen) atoms. The molecule has 1 atom stereocenters. The molecule has 0 fully saturated rings. The van der Waals surface area contributed by atoms with E-state index in [-0.39, 0.29) is 0 Å². The van der Waals surface area contributed by atoms with Crippen molar-refractivity contribution >= 4 is 11.6 Å². The molecule has 2 aromatic rings. The molecule has 2 rings (SSSR count). The van der Waals surface area contributed by atoms with Gasteiger partial charge in [0.1, 0.15) is 0 Å². The molecule has 1 unspecified atom stereocenters. The summed E-state index contributed by atoms with van der Waals surface area (Å²) in [6.45, 7) is 2.91. The summed E-state index contributed by atoms with van der Waals surface area (Å²) in [5, 5.41) is 13.1. The molecule has 0 saturated heterocycles. The summed E-state index contributed by atoms with van der Waals surface area (Å²) in [4.78, 5) is 0. The van der Waals surface area contributed by atoms with E-state index >= 15 is 0 Å². The second-order valence-corrected chi connectivity index (χ2v) is 5.36. The van der Waals surface area contributed by atoms with Gasteiger partial charge in [-0.05, 0) is 48.7 Å². The van der Waals surface area contributed by atoms with Crippen LogP contribution in [0.3, 0.4) is 0 Å². The van der Waals surface area contributed by atoms with Gasteiger partial charge >= 0.3 is 0 Å². The van der Waals surface area contributed by atoms with Gasteiger partial charge in [0.25, 0.3) is 0 Å². The maximum Gasteiger partial charge on any atom is 0.0991 e. The van der Waals surface area contributed by atoms with Crippen LogP contribution in [-0.4, -0.2) is 6.04 Å². The minimum absolute atomic E-state index is 0.346. The molecule has 2 aromatic carbocycles. The smallest absolute Gasteiger partial charge is 0.0991 e. The molecule has 2 nitrogen and oxygen atoms in total. The van der Waals surface area contributed by atoms with E-state index in [2.05, 4.69) is 24.4 Å². The molecule has 0 spiro atoms. The van der Waals surface area contributed by atoms with Crippen molar-refractivity contribution in [2.45, 2.75) is 25.9 Å². The molecule has 0 aliphatic carbocycles. The maximum atomic E-state index is 8.88. The topological polar surface area (TPSA) is 35.8 Å². The van der Waals surface area contributed by atoms with Gasteiger partial charge in [0, 0.05) is 17.6 Å². The van der Waals surface area contributed by atoms with Gasteiger partial charge in [0.15, 0.2) is 0 Å². The van der Waals surface area contributed by atoms with E-state index in [1.54, 1.807) is 0 Å². The Morgan fingerprint density at radius 2 is 1.90 bits per heavy atom. The fourth-order valence-electron chi connectivity index (χ4n) is 2.13. The minimum atomic E-state index is 0.346. The highest BCUT2D eigenvalue weighted by atomic mass is 35.5. The molecular formula is C17H17ClN2. The Morgan fingerprint density at radius 1 is 1.15 bits per heavy atom. The molecule has 0 radical (unpaired) electrons. The zero-order valence-corrected chi connectivity index (χ0v) is 12.2. The van der Waals surface area contributed by atoms with Crippen LogP contribution in [0.4, 0.5) is 0 Å². The maximum absolute atomic E-state index is 8.88. The number of nitrogens with one attached hydrogen (secondary N) is 1. The second-order valence-electron chi connectivity index (χ2n) is 4.93. The normalized spacial score (nSPS) is 11.8. The van der Waals surface area contributed by atoms with Crippen LogP contribution in [0.15, 0.2) is 48.5 Å². The predicted molar refractivity (Wildman–Crippen MR) is 82.6 cm³/mol. The van der Waals surface area contributed by atoms with E-state index in [1.165, 1.54) is 5.56 Å². The van der Waals surface area contributed by atoms with E-state index in [4.69, 9.17) is 16.9 Å². The average Bonchev–Trinajstić information content (AvgIpc) is 2.45. The molecule has 1 N–H and O–H groups in total. The summed E-state index contributed by atoms with van der Waals surface area (Å²) >= 11 is 5.98. The quantitative estimate of drug-likeness (QED) is 0.903. The van der Waals surface area contributed by atoms with Crippen molar-refractivity contribution in [3.05, 3.63) is 70.2 Å². The molecule has 0 aromatic heterocycles. The summed E-state index contributed by atoms with van der Waals surface area (Å²) in [6, 6.07) is 18.1. The Morgan fingerprint density at radius 3 is 2.65 bits per heavy atom. The second kappa shape index (κ2) is 7.09. The number of nitriles is 1. The summed E-state index contributed by atoms with van der Waals surface area (Å²) < 4.78 is 0. The Bertz CT molecular complexity index is 616. The van der Waals surface area contributed by atoms with Crippen LogP contribution in [0.1, 0.15) is 23.6 Å². The largest absolute Gasteiger partial charge is 0.310 e. The summed E-state index contributed by atoms with van der Waals surface area (Å²) in [7, 11) is 0. The Kier molecular flexibility index (Phi) is 5.17. The standard InChI is InChI=1S/C17H17ClN2/c1-13(8-14-4-3-7-17(18)10-14)20-12-16-6-2-5-15(9-16)11-19/h2-7,9-10,13,20H,8,12H2,1H3. The van der Waals surface area contributed by atoms with Crippen molar-refractivity contribution in [2.75, 3.05) is 0 Å². The van der Waals surface area contributed by atoms with Crippen molar-refractivity contribution in [3.8, 4) is 6.07 Å². The van der Waals surface area contributed by atoms with E-state index in [9.17, 15) is 0 Å². The van der Waals surface area contributed by atoms with Crippen LogP contribution in [0.25, 0.3) is 0 Å². The highest BCUT2D eigenvalue weighted by molar-refractivity contribution is 6.30. The highest BCUT2D eigenvalue weighted by Gasteiger charge is 2.04. The summed E-state index contributed by atoms with van der Waals surface area (Å²) in [5.41, 5.74) is 3.05. The molecule has 0 saturated carbocycles. The lowest BCUT2D eigenvalue weighted by Crippen LogP contribution is -2.27. The molecule has 3 heteroatoms. The highest BCUT2D eigenvalue weighted by Crippen LogP contribution is 2.12. The van der Waals surface area contributed by atoms with Gasteiger partial charge in [-0.15, -0.1) is 0 Å². The van der Waals surface area contributed by atoms with Crippen LogP contribution in [0, 0.1) is 11.3 Å². The zero-order valence-electron chi connectivity index (χ0n) is 11.4. The third kappa shape index (κ3) is 4.38. The van der Waals surface area contributed by atoms with Gasteiger partial charge in [0.2, 0.25) is 0 Å². The van der Waals surface area contributed by atoms with Crippen LogP contribution in [-0.2, 0) is 13.0 Å². The van der Waals surface area contributed by atoms with Gasteiger partial charge in [-0.25, -0.2) is 0 Å². The SMILES string of the molecule is CC(Cc1cccc(Cl)c1)NCc1cccc(C#N)c1. The van der Waals surface area contributed by atoms with E-state index in [1.807, 2.05) is 42.5 Å². The number of halogens is 1. The van der Waals surface area contributed by atoms with E-state index < -0.39 is 0 Å². The average molecular weight is 285 g/mol. The molecular weight excluding hydrogens is 268 g/mol. The lowest BCUT2D eigenvalue weighted by Gasteiger charge is -2.14. The van der Waals surface area contributed by atoms with Crippen molar-refractivity contribution in [1.29, 1.82) is 5.26 Å². The van der Waals surface area contributed by atoms with Crippen molar-refractivity contribution in [3.63, 3.8) is 0 Å². The molecule has 0 bridgehead atoms. The third-order valence-electron chi connectivity index (χ3n) is 3.14. The first-order valence-corrected chi connectivity index (χ1v) is 7.02. The van der Waals surface area contributed by atoms with Gasteiger partial charge in [0.05, 0.1) is 11.6 Å². The first-order valence-electron chi connectivity index (χ1n) is 6.64. The first-order chi connectivity index (χ1) is 9.67. The molecule has 0 aliphatic heterocycles. The number of nitrogens with zero attached hydrogens (tertiary/aromatic N) is 1. The van der Waals surface area contributed by atoms with Gasteiger partial charge in [-0.1, -0.05) is 35.9 Å². The van der Waals surface area contributed by atoms with Crippen LogP contribution in [0.5, 0.6) is 0 Å². The molecule has 0 heterocycles. The van der Waals surface area contributed by atoms with Crippen molar-refractivity contribution < 1.29 is 0 Å². The molecule has 102 valence electrons. The number of benzene rings is 2. The summed E-state index contributed by atoms with van der Waals surface area (Å²) in [5.74, 6) is 0. The molecule has 0 amide bonds. The van der Waals surface area contributed by atoms with Crippen LogP contribution < -0.4 is 5.32 Å². The van der Waals surface area contributed by atoms with Crippen molar-refractivity contribution in [2.24, 2.45) is 0 Å². The Balaban J connectivity index is 1.89. The van der Waals surface area contributed by atoms with E-state index in [0.717, 1.165) is 23.6 Å². The minimum Gasteiger partial charge on any atom is -0.310 e. The van der Waals surface area contributed by atoms with Gasteiger partial charge in [-0.3, -0.25) is 0 Å². The lowest BCUT2D eigenvalue weighted by molar-refractivity contribution is 0.545. The summed E-state index contributed by atoms with van der Waals surface area (Å²) in [6.07, 6.45) is 0.929. The Labute approximate surface area is 125 Å². The lowest BCUT2D eigenvalue weighted by atomic mass is 10.1. The fraction of sp³-hybridized carbons (Fsp3) is 0.235. The predicted octanol–water partition coefficient (Wildman–Crippen LogP) is 3.93. The number of rotatable bonds is 5. The fourth-order valence-corrected chi connectivity index (χ4v) is 2.35. The van der Waals surface area contributed by atoms with Crippen molar-refractivity contribution in [1.82, 2.24) is 5.32 Å². The van der Waals surface area contributed by atoms with Gasteiger partial charge < -0.3 is 5.32 Å².